The highest BCUT2D eigenvalue weighted by Crippen LogP contribution is 2.33. The molecule has 8 heteroatoms. The average Bonchev–Trinajstić information content (AvgIpc) is 3.26. The second-order valence-corrected chi connectivity index (χ2v) is 8.29. The van der Waals surface area contributed by atoms with E-state index < -0.39 is 10.0 Å². The van der Waals surface area contributed by atoms with E-state index in [1.54, 1.807) is 30.3 Å². The SMILES string of the molecule is C=CCN1C(=O)/C(=C\c2ccco2)S/C1=N\S(=O)(=O)c1ccc(CC)cc1. The molecule has 2 aromatic rings. The van der Waals surface area contributed by atoms with Crippen molar-refractivity contribution in [2.45, 2.75) is 18.2 Å². The maximum absolute atomic E-state index is 12.7. The van der Waals surface area contributed by atoms with Crippen LogP contribution in [-0.2, 0) is 21.2 Å². The van der Waals surface area contributed by atoms with Crippen LogP contribution in [0.5, 0.6) is 0 Å². The van der Waals surface area contributed by atoms with Crippen molar-refractivity contribution in [3.05, 3.63) is 71.5 Å². The minimum atomic E-state index is -3.94. The number of furan rings is 1. The first-order chi connectivity index (χ1) is 12.9. The van der Waals surface area contributed by atoms with E-state index in [9.17, 15) is 13.2 Å². The van der Waals surface area contributed by atoms with Crippen molar-refractivity contribution in [1.29, 1.82) is 0 Å². The number of thioether (sulfide) groups is 1. The number of nitrogens with zero attached hydrogens (tertiary/aromatic N) is 2. The Labute approximate surface area is 162 Å². The molecule has 0 unspecified atom stereocenters. The van der Waals surface area contributed by atoms with Gasteiger partial charge >= 0.3 is 0 Å². The van der Waals surface area contributed by atoms with Crippen LogP contribution < -0.4 is 0 Å². The highest BCUT2D eigenvalue weighted by molar-refractivity contribution is 8.19. The Kier molecular flexibility index (Phi) is 5.67. The zero-order chi connectivity index (χ0) is 19.4. The number of carbonyl (C=O) groups is 1. The molecule has 0 bridgehead atoms. The molecule has 1 aliphatic rings. The Hall–Kier alpha value is -2.58. The molecule has 6 nitrogen and oxygen atoms in total. The summed E-state index contributed by atoms with van der Waals surface area (Å²) in [5, 5.41) is 0.0947. The molecule has 1 aromatic heterocycles. The first-order valence-electron chi connectivity index (χ1n) is 8.24. The van der Waals surface area contributed by atoms with Crippen molar-refractivity contribution in [1.82, 2.24) is 4.90 Å². The van der Waals surface area contributed by atoms with E-state index in [1.165, 1.54) is 29.4 Å². The number of hydrogen-bond donors (Lipinski definition) is 0. The lowest BCUT2D eigenvalue weighted by molar-refractivity contribution is -0.121. The summed E-state index contributed by atoms with van der Waals surface area (Å²) in [5.74, 6) is 0.162. The lowest BCUT2D eigenvalue weighted by Crippen LogP contribution is -2.29. The smallest absolute Gasteiger partial charge is 0.284 e. The predicted molar refractivity (Wildman–Crippen MR) is 107 cm³/mol. The lowest BCUT2D eigenvalue weighted by atomic mass is 10.2. The Morgan fingerprint density at radius 1 is 1.26 bits per heavy atom. The van der Waals surface area contributed by atoms with Gasteiger partial charge in [-0.05, 0) is 48.0 Å². The molecule has 0 radical (unpaired) electrons. The van der Waals surface area contributed by atoms with Crippen molar-refractivity contribution in [2.75, 3.05) is 6.54 Å². The summed E-state index contributed by atoms with van der Waals surface area (Å²) in [6.45, 7) is 5.77. The molecule has 1 saturated heterocycles. The van der Waals surface area contributed by atoms with E-state index in [-0.39, 0.29) is 22.5 Å². The van der Waals surface area contributed by atoms with Crippen molar-refractivity contribution in [2.24, 2.45) is 4.40 Å². The maximum Gasteiger partial charge on any atom is 0.284 e. The second kappa shape index (κ2) is 7.98. The number of sulfonamides is 1. The van der Waals surface area contributed by atoms with Gasteiger partial charge < -0.3 is 4.42 Å². The molecule has 2 heterocycles. The van der Waals surface area contributed by atoms with Gasteiger partial charge in [-0.3, -0.25) is 9.69 Å². The monoisotopic (exact) mass is 402 g/mol. The molecule has 1 aliphatic heterocycles. The Bertz CT molecular complexity index is 1000. The van der Waals surface area contributed by atoms with Gasteiger partial charge in [-0.2, -0.15) is 8.42 Å². The van der Waals surface area contributed by atoms with Crippen molar-refractivity contribution < 1.29 is 17.6 Å². The third kappa shape index (κ3) is 4.23. The van der Waals surface area contributed by atoms with Crippen molar-refractivity contribution in [3.63, 3.8) is 0 Å². The van der Waals surface area contributed by atoms with Gasteiger partial charge in [0.05, 0.1) is 16.1 Å². The van der Waals surface area contributed by atoms with Gasteiger partial charge in [0, 0.05) is 12.6 Å². The molecule has 1 amide bonds. The van der Waals surface area contributed by atoms with Crippen LogP contribution in [0.15, 0.2) is 73.9 Å². The molecule has 27 heavy (non-hydrogen) atoms. The largest absolute Gasteiger partial charge is 0.465 e. The van der Waals surface area contributed by atoms with Crippen LogP contribution in [0.25, 0.3) is 6.08 Å². The zero-order valence-electron chi connectivity index (χ0n) is 14.7. The Morgan fingerprint density at radius 3 is 2.59 bits per heavy atom. The summed E-state index contributed by atoms with van der Waals surface area (Å²) < 4.78 is 34.5. The third-order valence-electron chi connectivity index (χ3n) is 3.84. The van der Waals surface area contributed by atoms with Crippen molar-refractivity contribution in [3.8, 4) is 0 Å². The van der Waals surface area contributed by atoms with Gasteiger partial charge in [-0.15, -0.1) is 11.0 Å². The van der Waals surface area contributed by atoms with Gasteiger partial charge in [0.1, 0.15) is 5.76 Å². The fourth-order valence-electron chi connectivity index (χ4n) is 2.42. The van der Waals surface area contributed by atoms with E-state index in [0.717, 1.165) is 23.7 Å². The molecule has 0 atom stereocenters. The molecule has 0 aliphatic carbocycles. The van der Waals surface area contributed by atoms with E-state index >= 15 is 0 Å². The average molecular weight is 402 g/mol. The van der Waals surface area contributed by atoms with Crippen LogP contribution in [0.3, 0.4) is 0 Å². The van der Waals surface area contributed by atoms with Crippen LogP contribution >= 0.6 is 11.8 Å². The molecular formula is C19H18N2O4S2. The van der Waals surface area contributed by atoms with Crippen LogP contribution in [0, 0.1) is 0 Å². The summed E-state index contributed by atoms with van der Waals surface area (Å²) >= 11 is 0.995. The van der Waals surface area contributed by atoms with Gasteiger partial charge in [0.15, 0.2) is 5.17 Å². The number of aryl methyl sites for hydroxylation is 1. The number of amidine groups is 1. The molecule has 0 saturated carbocycles. The van der Waals surface area contributed by atoms with Crippen LogP contribution in [-0.4, -0.2) is 30.9 Å². The van der Waals surface area contributed by atoms with Crippen LogP contribution in [0.1, 0.15) is 18.2 Å². The maximum atomic E-state index is 12.7. The quantitative estimate of drug-likeness (QED) is 0.544. The van der Waals surface area contributed by atoms with Gasteiger partial charge in [-0.1, -0.05) is 25.1 Å². The minimum Gasteiger partial charge on any atom is -0.465 e. The summed E-state index contributed by atoms with van der Waals surface area (Å²) in [4.78, 5) is 14.3. The summed E-state index contributed by atoms with van der Waals surface area (Å²) in [7, 11) is -3.94. The summed E-state index contributed by atoms with van der Waals surface area (Å²) in [5.41, 5.74) is 1.03. The first kappa shape index (κ1) is 19.2. The van der Waals surface area contributed by atoms with Gasteiger partial charge in [0.2, 0.25) is 0 Å². The number of carbonyl (C=O) groups excluding carboxylic acids is 1. The molecule has 0 N–H and O–H groups in total. The molecule has 140 valence electrons. The highest BCUT2D eigenvalue weighted by Gasteiger charge is 2.34. The van der Waals surface area contributed by atoms with E-state index in [1.807, 2.05) is 6.92 Å². The molecule has 3 rings (SSSR count). The van der Waals surface area contributed by atoms with Crippen LogP contribution in [0.4, 0.5) is 0 Å². The topological polar surface area (TPSA) is 80.0 Å². The first-order valence-corrected chi connectivity index (χ1v) is 10.5. The number of amides is 1. The molecule has 1 fully saturated rings. The third-order valence-corrected chi connectivity index (χ3v) is 6.25. The summed E-state index contributed by atoms with van der Waals surface area (Å²) in [6, 6.07) is 9.97. The normalized spacial score (nSPS) is 17.8. The minimum absolute atomic E-state index is 0.0854. The van der Waals surface area contributed by atoms with Crippen LogP contribution in [0.2, 0.25) is 0 Å². The Balaban J connectivity index is 1.96. The van der Waals surface area contributed by atoms with Gasteiger partial charge in [0.25, 0.3) is 15.9 Å². The van der Waals surface area contributed by atoms with Gasteiger partial charge in [-0.25, -0.2) is 0 Å². The van der Waals surface area contributed by atoms with E-state index in [0.29, 0.717) is 10.7 Å². The number of rotatable bonds is 6. The fraction of sp³-hybridized carbons (Fsp3) is 0.158. The lowest BCUT2D eigenvalue weighted by Gasteiger charge is -2.12. The standard InChI is InChI=1S/C19H18N2O4S2/c1-3-11-21-18(22)17(13-15-6-5-12-25-15)26-19(21)20-27(23,24)16-9-7-14(4-2)8-10-16/h3,5-10,12-13H,1,4,11H2,2H3/b17-13+,20-19-. The zero-order valence-corrected chi connectivity index (χ0v) is 16.3. The highest BCUT2D eigenvalue weighted by atomic mass is 32.2. The van der Waals surface area contributed by atoms with Crippen molar-refractivity contribution >= 4 is 38.9 Å². The molecular weight excluding hydrogens is 384 g/mol. The van der Waals surface area contributed by atoms with E-state index in [2.05, 4.69) is 11.0 Å². The molecule has 0 spiro atoms. The number of hydrogen-bond acceptors (Lipinski definition) is 5. The summed E-state index contributed by atoms with van der Waals surface area (Å²) in [6.07, 6.45) is 5.39. The van der Waals surface area contributed by atoms with E-state index in [4.69, 9.17) is 4.42 Å². The molecule has 1 aromatic carbocycles. The Morgan fingerprint density at radius 2 is 2.00 bits per heavy atom. The predicted octanol–water partition coefficient (Wildman–Crippen LogP) is 3.69. The second-order valence-electron chi connectivity index (χ2n) is 5.68. The number of benzene rings is 1. The fourth-order valence-corrected chi connectivity index (χ4v) is 4.59.